The minimum Gasteiger partial charge on any atom is -0.365 e. The van der Waals surface area contributed by atoms with E-state index in [0.717, 1.165) is 12.1 Å². The molecule has 1 fully saturated rings. The molecule has 1 aliphatic rings. The molecule has 1 aliphatic heterocycles. The summed E-state index contributed by atoms with van der Waals surface area (Å²) < 4.78 is 39.4. The highest BCUT2D eigenvalue weighted by Gasteiger charge is 2.36. The molecule has 3 amide bonds. The number of hydrogen-bond acceptors (Lipinski definition) is 4. The fraction of sp³-hybridized carbons (Fsp3) is 0.333. The number of pyridine rings is 1. The van der Waals surface area contributed by atoms with Crippen LogP contribution in [0.5, 0.6) is 0 Å². The molecule has 3 N–H and O–H groups in total. The second-order valence-corrected chi connectivity index (χ2v) is 7.50. The molecule has 164 valence electrons. The van der Waals surface area contributed by atoms with E-state index in [-0.39, 0.29) is 23.8 Å². The van der Waals surface area contributed by atoms with Crippen molar-refractivity contribution in [2.45, 2.75) is 32.0 Å². The average molecular weight is 434 g/mol. The Labute approximate surface area is 176 Å². The number of aromatic nitrogens is 1. The Morgan fingerprint density at radius 1 is 1.16 bits per heavy atom. The first-order valence-electron chi connectivity index (χ1n) is 9.62. The summed E-state index contributed by atoms with van der Waals surface area (Å²) in [7, 11) is 0. The summed E-state index contributed by atoms with van der Waals surface area (Å²) in [6.07, 6.45) is -2.09. The molecule has 2 atom stereocenters. The number of halogens is 3. The van der Waals surface area contributed by atoms with Gasteiger partial charge in [0.05, 0.1) is 17.2 Å². The lowest BCUT2D eigenvalue weighted by Crippen LogP contribution is -2.46. The first-order valence-corrected chi connectivity index (χ1v) is 9.62. The summed E-state index contributed by atoms with van der Waals surface area (Å²) in [4.78, 5) is 42.2. The molecule has 2 heterocycles. The number of carbonyl (C=O) groups excluding carboxylic acids is 3. The van der Waals surface area contributed by atoms with Crippen molar-refractivity contribution in [3.05, 3.63) is 59.3 Å². The van der Waals surface area contributed by atoms with Crippen LogP contribution in [-0.4, -0.2) is 34.2 Å². The number of rotatable bonds is 3. The number of piperidine rings is 1. The van der Waals surface area contributed by atoms with Crippen LogP contribution in [-0.2, 0) is 15.8 Å². The second-order valence-electron chi connectivity index (χ2n) is 7.50. The predicted octanol–water partition coefficient (Wildman–Crippen LogP) is 3.14. The maximum absolute atomic E-state index is 13.1. The molecular formula is C21H21F3N4O3. The van der Waals surface area contributed by atoms with Crippen LogP contribution in [0.15, 0.2) is 42.6 Å². The molecule has 0 unspecified atom stereocenters. The van der Waals surface area contributed by atoms with Crippen molar-refractivity contribution in [1.29, 1.82) is 0 Å². The van der Waals surface area contributed by atoms with Gasteiger partial charge in [-0.3, -0.25) is 14.4 Å². The van der Waals surface area contributed by atoms with Crippen LogP contribution < -0.4 is 11.1 Å². The highest BCUT2D eigenvalue weighted by atomic mass is 19.4. The van der Waals surface area contributed by atoms with E-state index in [1.165, 1.54) is 35.4 Å². The van der Waals surface area contributed by atoms with Crippen LogP contribution in [0.2, 0.25) is 0 Å². The second kappa shape index (κ2) is 8.75. The van der Waals surface area contributed by atoms with E-state index in [1.807, 2.05) is 6.92 Å². The van der Waals surface area contributed by atoms with Gasteiger partial charge in [0, 0.05) is 12.7 Å². The van der Waals surface area contributed by atoms with Crippen LogP contribution in [0.3, 0.4) is 0 Å². The Kier molecular flexibility index (Phi) is 6.28. The number of nitrogens with zero attached hydrogens (tertiary/aromatic N) is 2. The summed E-state index contributed by atoms with van der Waals surface area (Å²) in [5.74, 6) is -2.89. The summed E-state index contributed by atoms with van der Waals surface area (Å²) in [5, 5.41) is 2.29. The molecule has 3 rings (SSSR count). The Balaban J connectivity index is 1.87. The van der Waals surface area contributed by atoms with E-state index in [9.17, 15) is 27.6 Å². The lowest BCUT2D eigenvalue weighted by atomic mass is 9.89. The number of nitrogens with one attached hydrogen (secondary N) is 1. The van der Waals surface area contributed by atoms with Gasteiger partial charge in [-0.05, 0) is 48.6 Å². The molecule has 1 saturated heterocycles. The van der Waals surface area contributed by atoms with E-state index in [4.69, 9.17) is 5.73 Å². The molecule has 31 heavy (non-hydrogen) atoms. The Morgan fingerprint density at radius 2 is 1.90 bits per heavy atom. The topological polar surface area (TPSA) is 105 Å². The molecular weight excluding hydrogens is 413 g/mol. The average Bonchev–Trinajstić information content (AvgIpc) is 2.72. The number of anilines is 1. The largest absolute Gasteiger partial charge is 0.416 e. The first kappa shape index (κ1) is 22.3. The maximum Gasteiger partial charge on any atom is 0.416 e. The van der Waals surface area contributed by atoms with Gasteiger partial charge < -0.3 is 16.0 Å². The van der Waals surface area contributed by atoms with Crippen molar-refractivity contribution in [1.82, 2.24) is 9.88 Å². The van der Waals surface area contributed by atoms with E-state index >= 15 is 0 Å². The van der Waals surface area contributed by atoms with Crippen LogP contribution in [0.25, 0.3) is 0 Å². The summed E-state index contributed by atoms with van der Waals surface area (Å²) in [6.45, 7) is 2.10. The predicted molar refractivity (Wildman–Crippen MR) is 106 cm³/mol. The summed E-state index contributed by atoms with van der Waals surface area (Å²) in [6, 6.07) is 6.88. The zero-order valence-corrected chi connectivity index (χ0v) is 16.6. The number of hydrogen-bond donors (Lipinski definition) is 2. The molecule has 0 spiro atoms. The van der Waals surface area contributed by atoms with E-state index in [0.29, 0.717) is 18.4 Å². The Morgan fingerprint density at radius 3 is 2.58 bits per heavy atom. The molecule has 0 radical (unpaired) electrons. The van der Waals surface area contributed by atoms with Gasteiger partial charge in [0.2, 0.25) is 0 Å². The van der Waals surface area contributed by atoms with Gasteiger partial charge in [0.1, 0.15) is 5.82 Å². The Hall–Kier alpha value is -3.43. The van der Waals surface area contributed by atoms with Crippen molar-refractivity contribution in [2.75, 3.05) is 11.9 Å². The number of alkyl halides is 3. The van der Waals surface area contributed by atoms with Gasteiger partial charge in [0.25, 0.3) is 5.91 Å². The third-order valence-corrected chi connectivity index (χ3v) is 5.18. The van der Waals surface area contributed by atoms with E-state index in [1.54, 1.807) is 0 Å². The van der Waals surface area contributed by atoms with Gasteiger partial charge in [-0.15, -0.1) is 0 Å². The third-order valence-electron chi connectivity index (χ3n) is 5.18. The van der Waals surface area contributed by atoms with Crippen LogP contribution >= 0.6 is 0 Å². The highest BCUT2D eigenvalue weighted by molar-refractivity contribution is 6.39. The van der Waals surface area contributed by atoms with Crippen LogP contribution in [0.1, 0.15) is 47.3 Å². The normalized spacial score (nSPS) is 19.0. The fourth-order valence-electron chi connectivity index (χ4n) is 3.64. The molecule has 0 aliphatic carbocycles. The lowest BCUT2D eigenvalue weighted by Gasteiger charge is -2.38. The van der Waals surface area contributed by atoms with Crippen LogP contribution in [0.4, 0.5) is 19.0 Å². The molecule has 0 saturated carbocycles. The maximum atomic E-state index is 13.1. The summed E-state index contributed by atoms with van der Waals surface area (Å²) in [5.41, 5.74) is 4.68. The zero-order valence-electron chi connectivity index (χ0n) is 16.6. The minimum atomic E-state index is -4.52. The highest BCUT2D eigenvalue weighted by Crippen LogP contribution is 2.36. The smallest absolute Gasteiger partial charge is 0.365 e. The van der Waals surface area contributed by atoms with Gasteiger partial charge in [0.15, 0.2) is 0 Å². The fourth-order valence-corrected chi connectivity index (χ4v) is 3.64. The molecule has 10 heteroatoms. The SMILES string of the molecule is C[C@@H]1CC[C@@H](c2cccc(C(F)(F)F)c2)N(C(=O)C(=O)Nc2ncccc2C(N)=O)C1. The number of amides is 3. The molecule has 1 aromatic carbocycles. The van der Waals surface area contributed by atoms with Crippen molar-refractivity contribution < 1.29 is 27.6 Å². The summed E-state index contributed by atoms with van der Waals surface area (Å²) >= 11 is 0. The van der Waals surface area contributed by atoms with E-state index in [2.05, 4.69) is 10.3 Å². The lowest BCUT2D eigenvalue weighted by molar-refractivity contribution is -0.146. The van der Waals surface area contributed by atoms with Crippen molar-refractivity contribution in [3.63, 3.8) is 0 Å². The standard InChI is InChI=1S/C21H21F3N4O3/c1-12-7-8-16(13-4-2-5-14(10-13)21(22,23)24)28(11-12)20(31)19(30)27-18-15(17(25)29)6-3-9-26-18/h2-6,9-10,12,16H,7-8,11H2,1H3,(H2,25,29)(H,26,27,30)/t12-,16+/m1/s1. The number of benzene rings is 1. The number of likely N-dealkylation sites (tertiary alicyclic amines) is 1. The van der Waals surface area contributed by atoms with E-state index < -0.39 is 35.5 Å². The van der Waals surface area contributed by atoms with Crippen LogP contribution in [0, 0.1) is 5.92 Å². The molecule has 1 aromatic heterocycles. The quantitative estimate of drug-likeness (QED) is 0.724. The number of primary amides is 1. The first-order chi connectivity index (χ1) is 14.6. The molecule has 0 bridgehead atoms. The third kappa shape index (κ3) is 5.01. The number of nitrogens with two attached hydrogens (primary N) is 1. The molecule has 7 nitrogen and oxygen atoms in total. The number of carbonyl (C=O) groups is 3. The zero-order chi connectivity index (χ0) is 22.8. The van der Waals surface area contributed by atoms with Crippen molar-refractivity contribution >= 4 is 23.5 Å². The van der Waals surface area contributed by atoms with Crippen molar-refractivity contribution in [3.8, 4) is 0 Å². The van der Waals surface area contributed by atoms with Crippen molar-refractivity contribution in [2.24, 2.45) is 11.7 Å². The monoisotopic (exact) mass is 434 g/mol. The van der Waals surface area contributed by atoms with Gasteiger partial charge in [-0.2, -0.15) is 13.2 Å². The molecule has 2 aromatic rings. The minimum absolute atomic E-state index is 0.0647. The van der Waals surface area contributed by atoms with Gasteiger partial charge >= 0.3 is 18.0 Å². The Bertz CT molecular complexity index is 1010. The van der Waals surface area contributed by atoms with Gasteiger partial charge in [-0.25, -0.2) is 4.98 Å². The van der Waals surface area contributed by atoms with Gasteiger partial charge in [-0.1, -0.05) is 19.1 Å².